The molecule has 2 aromatic carbocycles. The second kappa shape index (κ2) is 11.7. The van der Waals surface area contributed by atoms with Gasteiger partial charge in [0.25, 0.3) is 0 Å². The summed E-state index contributed by atoms with van der Waals surface area (Å²) < 4.78 is 11.7. The summed E-state index contributed by atoms with van der Waals surface area (Å²) in [4.78, 5) is 33.9. The first-order valence-electron chi connectivity index (χ1n) is 15.0. The van der Waals surface area contributed by atoms with Crippen molar-refractivity contribution in [1.82, 2.24) is 9.88 Å². The van der Waals surface area contributed by atoms with E-state index in [0.29, 0.717) is 25.3 Å². The predicted octanol–water partition coefficient (Wildman–Crippen LogP) is 6.72. The Bertz CT molecular complexity index is 1480. The number of benzene rings is 2. The highest BCUT2D eigenvalue weighted by Crippen LogP contribution is 2.42. The molecule has 2 atom stereocenters. The largest absolute Gasteiger partial charge is 0.496 e. The van der Waals surface area contributed by atoms with E-state index in [0.717, 1.165) is 71.9 Å². The number of hydrogen-bond donors (Lipinski definition) is 1. The third kappa shape index (κ3) is 5.42. The molecule has 8 nitrogen and oxygen atoms in total. The Hall–Kier alpha value is -4.07. The number of carbonyl (C=O) groups is 2. The molecule has 1 aliphatic carbocycles. The molecule has 2 aliphatic heterocycles. The molecule has 3 heterocycles. The van der Waals surface area contributed by atoms with Gasteiger partial charge in [-0.25, -0.2) is 9.78 Å². The number of methoxy groups -OCH3 is 1. The SMILES string of the molecule is COc1ccc(C2CCC(C(=O)O)CC2)cc1-c1ccc(N2CCC2)nc1CN1C(=O)O[C@H](c2cccc(C)c2)[C@@H]1C. The van der Waals surface area contributed by atoms with Crippen LogP contribution in [0.3, 0.4) is 0 Å². The van der Waals surface area contributed by atoms with Gasteiger partial charge >= 0.3 is 12.1 Å². The number of hydrogen-bond acceptors (Lipinski definition) is 6. The topological polar surface area (TPSA) is 92.2 Å². The fourth-order valence-electron chi connectivity index (χ4n) is 6.61. The van der Waals surface area contributed by atoms with Gasteiger partial charge in [-0.1, -0.05) is 35.9 Å². The fourth-order valence-corrected chi connectivity index (χ4v) is 6.61. The number of pyridine rings is 1. The quantitative estimate of drug-likeness (QED) is 0.322. The summed E-state index contributed by atoms with van der Waals surface area (Å²) in [6.45, 7) is 6.34. The van der Waals surface area contributed by atoms with Crippen molar-refractivity contribution in [2.75, 3.05) is 25.1 Å². The van der Waals surface area contributed by atoms with Crippen LogP contribution in [0.2, 0.25) is 0 Å². The van der Waals surface area contributed by atoms with Crippen LogP contribution in [0.4, 0.5) is 10.6 Å². The molecule has 1 amide bonds. The molecule has 0 unspecified atom stereocenters. The van der Waals surface area contributed by atoms with Crippen molar-refractivity contribution in [2.45, 2.75) is 70.6 Å². The lowest BCUT2D eigenvalue weighted by Gasteiger charge is -2.33. The molecule has 220 valence electrons. The van der Waals surface area contributed by atoms with Gasteiger partial charge in [0.15, 0.2) is 0 Å². The summed E-state index contributed by atoms with van der Waals surface area (Å²) in [5.41, 5.74) is 5.97. The number of aryl methyl sites for hydroxylation is 1. The molecule has 1 N–H and O–H groups in total. The number of nitrogens with zero attached hydrogens (tertiary/aromatic N) is 3. The van der Waals surface area contributed by atoms with Gasteiger partial charge in [-0.15, -0.1) is 0 Å². The zero-order valence-corrected chi connectivity index (χ0v) is 24.6. The number of aromatic nitrogens is 1. The molecule has 0 spiro atoms. The minimum absolute atomic E-state index is 0.167. The number of carboxylic acids is 1. The van der Waals surface area contributed by atoms with Gasteiger partial charge in [0, 0.05) is 24.2 Å². The van der Waals surface area contributed by atoms with Crippen molar-refractivity contribution in [2.24, 2.45) is 5.92 Å². The van der Waals surface area contributed by atoms with Gasteiger partial charge < -0.3 is 19.5 Å². The highest BCUT2D eigenvalue weighted by Gasteiger charge is 2.40. The van der Waals surface area contributed by atoms with Crippen molar-refractivity contribution in [3.63, 3.8) is 0 Å². The molecule has 3 fully saturated rings. The molecular weight excluding hydrogens is 530 g/mol. The average molecular weight is 570 g/mol. The number of carbonyl (C=O) groups excluding carboxylic acids is 1. The Kier molecular flexibility index (Phi) is 7.80. The van der Waals surface area contributed by atoms with Gasteiger partial charge in [0.05, 0.1) is 31.3 Å². The van der Waals surface area contributed by atoms with Crippen LogP contribution < -0.4 is 9.64 Å². The summed E-state index contributed by atoms with van der Waals surface area (Å²) in [5.74, 6) is 1.01. The number of cyclic esters (lactones) is 1. The summed E-state index contributed by atoms with van der Waals surface area (Å²) >= 11 is 0. The summed E-state index contributed by atoms with van der Waals surface area (Å²) in [6.07, 6.45) is 3.53. The number of carboxylic acid groups (broad SMARTS) is 1. The van der Waals surface area contributed by atoms with Crippen molar-refractivity contribution in [3.05, 3.63) is 77.0 Å². The van der Waals surface area contributed by atoms with Gasteiger partial charge in [-0.3, -0.25) is 9.69 Å². The van der Waals surface area contributed by atoms with E-state index in [4.69, 9.17) is 14.5 Å². The van der Waals surface area contributed by atoms with Crippen LogP contribution in [0.25, 0.3) is 11.1 Å². The van der Waals surface area contributed by atoms with Gasteiger partial charge in [0.1, 0.15) is 17.7 Å². The Morgan fingerprint density at radius 2 is 1.81 bits per heavy atom. The molecule has 1 saturated carbocycles. The summed E-state index contributed by atoms with van der Waals surface area (Å²) in [7, 11) is 1.67. The van der Waals surface area contributed by atoms with Crippen LogP contribution in [0, 0.1) is 12.8 Å². The lowest BCUT2D eigenvalue weighted by molar-refractivity contribution is -0.142. The van der Waals surface area contributed by atoms with Crippen LogP contribution in [-0.4, -0.2) is 53.3 Å². The normalized spacial score (nSPS) is 23.8. The number of amides is 1. The smallest absolute Gasteiger partial charge is 0.411 e. The Balaban J connectivity index is 1.34. The number of rotatable bonds is 8. The van der Waals surface area contributed by atoms with E-state index < -0.39 is 5.97 Å². The molecule has 0 bridgehead atoms. The van der Waals surface area contributed by atoms with Gasteiger partial charge in [-0.05, 0) is 87.3 Å². The molecule has 1 aromatic heterocycles. The molecule has 0 radical (unpaired) electrons. The van der Waals surface area contributed by atoms with E-state index >= 15 is 0 Å². The molecular formula is C34H39N3O5. The lowest BCUT2D eigenvalue weighted by Crippen LogP contribution is -2.38. The van der Waals surface area contributed by atoms with Crippen LogP contribution in [-0.2, 0) is 16.1 Å². The number of anilines is 1. The number of ether oxygens (including phenoxy) is 2. The van der Waals surface area contributed by atoms with Crippen LogP contribution in [0.5, 0.6) is 5.75 Å². The first kappa shape index (κ1) is 28.1. The molecule has 3 aliphatic rings. The third-order valence-corrected chi connectivity index (χ3v) is 9.28. The van der Waals surface area contributed by atoms with Gasteiger partial charge in [-0.2, -0.15) is 0 Å². The monoisotopic (exact) mass is 569 g/mol. The van der Waals surface area contributed by atoms with Crippen molar-refractivity contribution in [3.8, 4) is 16.9 Å². The Morgan fingerprint density at radius 1 is 1.02 bits per heavy atom. The minimum Gasteiger partial charge on any atom is -0.496 e. The minimum atomic E-state index is -0.693. The molecule has 8 heteroatoms. The molecule has 6 rings (SSSR count). The van der Waals surface area contributed by atoms with E-state index in [1.54, 1.807) is 12.0 Å². The van der Waals surface area contributed by atoms with Crippen molar-refractivity contribution >= 4 is 17.9 Å². The lowest BCUT2D eigenvalue weighted by atomic mass is 9.78. The van der Waals surface area contributed by atoms with E-state index in [-0.39, 0.29) is 24.2 Å². The van der Waals surface area contributed by atoms with Crippen LogP contribution in [0.15, 0.2) is 54.6 Å². The zero-order chi connectivity index (χ0) is 29.4. The van der Waals surface area contributed by atoms with Crippen molar-refractivity contribution < 1.29 is 24.2 Å². The second-order valence-electron chi connectivity index (χ2n) is 11.9. The highest BCUT2D eigenvalue weighted by atomic mass is 16.6. The van der Waals surface area contributed by atoms with Gasteiger partial charge in [0.2, 0.25) is 0 Å². The third-order valence-electron chi connectivity index (χ3n) is 9.28. The second-order valence-corrected chi connectivity index (χ2v) is 11.9. The summed E-state index contributed by atoms with van der Waals surface area (Å²) in [6, 6.07) is 18.4. The molecule has 42 heavy (non-hydrogen) atoms. The highest BCUT2D eigenvalue weighted by molar-refractivity contribution is 5.76. The molecule has 3 aromatic rings. The maximum Gasteiger partial charge on any atom is 0.411 e. The standard InChI is InChI=1S/C34H39N3O5/c1-21-6-4-7-26(18-21)32-22(2)37(34(40)42-32)20-29-27(13-15-31(35-29)36-16-5-17-36)28-19-25(12-14-30(28)41-3)23-8-10-24(11-9-23)33(38)39/h4,6-7,12-15,18-19,22-24,32H,5,8-11,16-17,20H2,1-3H3,(H,38,39)/t22-,23?,24?,32-/m0/s1. The predicted molar refractivity (Wildman–Crippen MR) is 161 cm³/mol. The molecule has 2 saturated heterocycles. The van der Waals surface area contributed by atoms with E-state index in [1.807, 2.05) is 38.1 Å². The van der Waals surface area contributed by atoms with Crippen LogP contribution in [0.1, 0.15) is 73.4 Å². The fraction of sp³-hybridized carbons (Fsp3) is 0.441. The maximum atomic E-state index is 13.2. The van der Waals surface area contributed by atoms with Crippen molar-refractivity contribution in [1.29, 1.82) is 0 Å². The maximum absolute atomic E-state index is 13.2. The first-order valence-corrected chi connectivity index (χ1v) is 15.0. The van der Waals surface area contributed by atoms with E-state index in [1.165, 1.54) is 5.56 Å². The first-order chi connectivity index (χ1) is 20.3. The van der Waals surface area contributed by atoms with E-state index in [9.17, 15) is 14.7 Å². The van der Waals surface area contributed by atoms with E-state index in [2.05, 4.69) is 35.2 Å². The Labute approximate surface area is 247 Å². The van der Waals surface area contributed by atoms with Crippen LogP contribution >= 0.6 is 0 Å². The zero-order valence-electron chi connectivity index (χ0n) is 24.6. The number of aliphatic carboxylic acids is 1. The average Bonchev–Trinajstić information content (AvgIpc) is 3.24. The summed E-state index contributed by atoms with van der Waals surface area (Å²) in [5, 5.41) is 9.45. The Morgan fingerprint density at radius 3 is 2.48 bits per heavy atom.